The summed E-state index contributed by atoms with van der Waals surface area (Å²) in [6.07, 6.45) is 4.62. The molecular formula is C25H25FN8O3. The number of hydrogen-bond acceptors (Lipinski definition) is 7. The van der Waals surface area contributed by atoms with E-state index < -0.39 is 17.8 Å². The summed E-state index contributed by atoms with van der Waals surface area (Å²) in [6, 6.07) is 4.27. The first-order valence-corrected chi connectivity index (χ1v) is 12.0. The zero-order valence-electron chi connectivity index (χ0n) is 20.6. The van der Waals surface area contributed by atoms with Gasteiger partial charge in [0.2, 0.25) is 0 Å². The SMILES string of the molecule is Cc1nnn(C)c1-c1cnc2c3c(c(C(=O)O)nn3C)n(C(c3ncccc3F)C3CCOCC3)c2c1. The summed E-state index contributed by atoms with van der Waals surface area (Å²) in [5.74, 6) is -1.68. The van der Waals surface area contributed by atoms with Gasteiger partial charge in [-0.2, -0.15) is 5.10 Å². The monoisotopic (exact) mass is 504 g/mol. The van der Waals surface area contributed by atoms with E-state index in [1.54, 1.807) is 37.2 Å². The van der Waals surface area contributed by atoms with E-state index in [1.165, 1.54) is 10.7 Å². The quantitative estimate of drug-likeness (QED) is 0.387. The van der Waals surface area contributed by atoms with Crippen LogP contribution in [0.3, 0.4) is 0 Å². The summed E-state index contributed by atoms with van der Waals surface area (Å²) < 4.78 is 26.1. The Morgan fingerprint density at radius 2 is 1.97 bits per heavy atom. The normalized spacial score (nSPS) is 15.6. The van der Waals surface area contributed by atoms with Gasteiger partial charge in [0.1, 0.15) is 22.4 Å². The van der Waals surface area contributed by atoms with Gasteiger partial charge in [0.15, 0.2) is 5.69 Å². The van der Waals surface area contributed by atoms with Crippen molar-refractivity contribution in [1.82, 2.24) is 39.3 Å². The van der Waals surface area contributed by atoms with Crippen LogP contribution in [0.1, 0.15) is 40.8 Å². The van der Waals surface area contributed by atoms with Crippen molar-refractivity contribution in [2.24, 2.45) is 20.0 Å². The van der Waals surface area contributed by atoms with Gasteiger partial charge in [-0.3, -0.25) is 14.6 Å². The number of halogens is 1. The number of aryl methyl sites for hydroxylation is 3. The van der Waals surface area contributed by atoms with E-state index >= 15 is 4.39 Å². The fraction of sp³-hybridized carbons (Fsp3) is 0.360. The van der Waals surface area contributed by atoms with Crippen molar-refractivity contribution >= 4 is 28.0 Å². The van der Waals surface area contributed by atoms with E-state index in [-0.39, 0.29) is 17.3 Å². The van der Waals surface area contributed by atoms with E-state index in [4.69, 9.17) is 9.72 Å². The van der Waals surface area contributed by atoms with Gasteiger partial charge in [0.05, 0.1) is 28.6 Å². The zero-order valence-corrected chi connectivity index (χ0v) is 20.6. The van der Waals surface area contributed by atoms with Crippen LogP contribution in [-0.2, 0) is 18.8 Å². The Balaban J connectivity index is 1.74. The minimum absolute atomic E-state index is 0.0532. The molecule has 6 rings (SSSR count). The highest BCUT2D eigenvalue weighted by atomic mass is 19.1. The van der Waals surface area contributed by atoms with Crippen LogP contribution in [0.4, 0.5) is 4.39 Å². The molecule has 0 spiro atoms. The maximum Gasteiger partial charge on any atom is 0.358 e. The minimum atomic E-state index is -1.17. The summed E-state index contributed by atoms with van der Waals surface area (Å²) in [5.41, 5.74) is 4.58. The highest BCUT2D eigenvalue weighted by molar-refractivity contribution is 6.11. The highest BCUT2D eigenvalue weighted by Gasteiger charge is 2.36. The van der Waals surface area contributed by atoms with Crippen molar-refractivity contribution in [2.45, 2.75) is 25.8 Å². The largest absolute Gasteiger partial charge is 0.476 e. The van der Waals surface area contributed by atoms with Gasteiger partial charge < -0.3 is 14.4 Å². The number of carboxylic acids is 1. The first-order chi connectivity index (χ1) is 17.9. The topological polar surface area (TPSA) is 126 Å². The van der Waals surface area contributed by atoms with Crippen molar-refractivity contribution in [3.05, 3.63) is 53.5 Å². The minimum Gasteiger partial charge on any atom is -0.476 e. The Hall–Kier alpha value is -4.19. The molecule has 1 aliphatic heterocycles. The molecule has 12 heteroatoms. The number of aromatic carboxylic acids is 1. The predicted octanol–water partition coefficient (Wildman–Crippen LogP) is 3.28. The molecule has 0 amide bonds. The number of pyridine rings is 2. The molecule has 0 radical (unpaired) electrons. The van der Waals surface area contributed by atoms with E-state index in [9.17, 15) is 9.90 Å². The third-order valence-electron chi connectivity index (χ3n) is 7.14. The summed E-state index contributed by atoms with van der Waals surface area (Å²) in [5, 5.41) is 22.7. The van der Waals surface area contributed by atoms with Crippen LogP contribution < -0.4 is 0 Å². The van der Waals surface area contributed by atoms with Crippen LogP contribution in [0.2, 0.25) is 0 Å². The van der Waals surface area contributed by atoms with Crippen molar-refractivity contribution < 1.29 is 19.0 Å². The number of aromatic nitrogens is 8. The number of hydrogen-bond donors (Lipinski definition) is 1. The molecule has 37 heavy (non-hydrogen) atoms. The molecule has 0 aliphatic carbocycles. The van der Waals surface area contributed by atoms with Crippen molar-refractivity contribution in [1.29, 1.82) is 0 Å². The Morgan fingerprint density at radius 1 is 1.19 bits per heavy atom. The maximum atomic E-state index is 15.4. The fourth-order valence-corrected chi connectivity index (χ4v) is 5.57. The molecule has 0 aromatic carbocycles. The van der Waals surface area contributed by atoms with Crippen molar-refractivity contribution in [3.8, 4) is 11.3 Å². The third kappa shape index (κ3) is 3.58. The average molecular weight is 505 g/mol. The van der Waals surface area contributed by atoms with Gasteiger partial charge in [-0.15, -0.1) is 5.10 Å². The van der Waals surface area contributed by atoms with E-state index in [2.05, 4.69) is 20.4 Å². The second-order valence-corrected chi connectivity index (χ2v) is 9.35. The Bertz CT molecular complexity index is 1640. The summed E-state index contributed by atoms with van der Waals surface area (Å²) in [6.45, 7) is 2.92. The highest BCUT2D eigenvalue weighted by Crippen LogP contribution is 2.42. The standard InChI is InChI=1S/C25H25FN8O3/c1-13-21(33(3)31-29-13)15-11-17-19(28-12-15)23-24(20(25(35)36)30-32(23)2)34(17)22(14-6-9-37-10-7-14)18-16(26)5-4-8-27-18/h4-5,8,11-12,14,22H,6-7,9-10H2,1-3H3,(H,35,36). The molecule has 1 N–H and O–H groups in total. The van der Waals surface area contributed by atoms with Crippen LogP contribution in [0.25, 0.3) is 33.3 Å². The number of rotatable bonds is 5. The number of nitrogens with zero attached hydrogens (tertiary/aromatic N) is 8. The van der Waals surface area contributed by atoms with E-state index in [0.717, 1.165) is 17.0 Å². The zero-order chi connectivity index (χ0) is 25.8. The van der Waals surface area contributed by atoms with Gasteiger partial charge >= 0.3 is 5.97 Å². The predicted molar refractivity (Wildman–Crippen MR) is 132 cm³/mol. The summed E-state index contributed by atoms with van der Waals surface area (Å²) >= 11 is 0. The molecule has 6 heterocycles. The fourth-order valence-electron chi connectivity index (χ4n) is 5.57. The van der Waals surface area contributed by atoms with Crippen LogP contribution in [0.15, 0.2) is 30.6 Å². The second-order valence-electron chi connectivity index (χ2n) is 9.35. The molecule has 1 unspecified atom stereocenters. The number of ether oxygens (including phenoxy) is 1. The van der Waals surface area contributed by atoms with Gasteiger partial charge in [-0.25, -0.2) is 13.9 Å². The van der Waals surface area contributed by atoms with Gasteiger partial charge in [-0.05, 0) is 43.9 Å². The maximum absolute atomic E-state index is 15.4. The second kappa shape index (κ2) is 8.73. The lowest BCUT2D eigenvalue weighted by molar-refractivity contribution is 0.0541. The lowest BCUT2D eigenvalue weighted by atomic mass is 9.88. The number of fused-ring (bicyclic) bond motifs is 3. The molecule has 1 fully saturated rings. The molecule has 11 nitrogen and oxygen atoms in total. The van der Waals surface area contributed by atoms with Crippen LogP contribution in [-0.4, -0.2) is 63.6 Å². The first kappa shape index (κ1) is 23.2. The van der Waals surface area contributed by atoms with Crippen molar-refractivity contribution in [2.75, 3.05) is 13.2 Å². The molecule has 190 valence electrons. The molecular weight excluding hydrogens is 479 g/mol. The first-order valence-electron chi connectivity index (χ1n) is 12.0. The molecule has 5 aromatic rings. The smallest absolute Gasteiger partial charge is 0.358 e. The van der Waals surface area contributed by atoms with Gasteiger partial charge in [0.25, 0.3) is 0 Å². The number of carbonyl (C=O) groups is 1. The average Bonchev–Trinajstić information content (AvgIpc) is 3.52. The summed E-state index contributed by atoms with van der Waals surface area (Å²) in [4.78, 5) is 21.6. The van der Waals surface area contributed by atoms with Crippen LogP contribution in [0.5, 0.6) is 0 Å². The van der Waals surface area contributed by atoms with E-state index in [1.807, 2.05) is 17.6 Å². The lowest BCUT2D eigenvalue weighted by Gasteiger charge is -2.32. The molecule has 5 aromatic heterocycles. The van der Waals surface area contributed by atoms with E-state index in [0.29, 0.717) is 48.1 Å². The lowest BCUT2D eigenvalue weighted by Crippen LogP contribution is -2.28. The molecule has 0 bridgehead atoms. The molecule has 1 saturated heterocycles. The Labute approximate surface area is 210 Å². The van der Waals surface area contributed by atoms with Crippen molar-refractivity contribution in [3.63, 3.8) is 0 Å². The Kier molecular flexibility index (Phi) is 5.48. The molecule has 0 saturated carbocycles. The van der Waals surface area contributed by atoms with Crippen LogP contribution >= 0.6 is 0 Å². The Morgan fingerprint density at radius 3 is 2.65 bits per heavy atom. The van der Waals surface area contributed by atoms with Crippen LogP contribution in [0, 0.1) is 18.7 Å². The molecule has 1 atom stereocenters. The molecule has 1 aliphatic rings. The number of carboxylic acid groups (broad SMARTS) is 1. The van der Waals surface area contributed by atoms with Gasteiger partial charge in [-0.1, -0.05) is 5.21 Å². The third-order valence-corrected chi connectivity index (χ3v) is 7.14. The van der Waals surface area contributed by atoms with Gasteiger partial charge in [0, 0.05) is 45.3 Å². The summed E-state index contributed by atoms with van der Waals surface area (Å²) in [7, 11) is 3.49.